The molecule has 4 rings (SSSR count). The lowest BCUT2D eigenvalue weighted by atomic mass is 9.89. The highest BCUT2D eigenvalue weighted by Crippen LogP contribution is 2.42. The van der Waals surface area contributed by atoms with Crippen LogP contribution in [0.25, 0.3) is 11.0 Å². The molecule has 2 aromatic rings. The van der Waals surface area contributed by atoms with E-state index >= 15 is 4.39 Å². The first kappa shape index (κ1) is 22.5. The van der Waals surface area contributed by atoms with Crippen molar-refractivity contribution in [2.75, 3.05) is 11.1 Å². The van der Waals surface area contributed by atoms with Crippen LogP contribution in [0.1, 0.15) is 51.1 Å². The number of carbonyl (C=O) groups is 1. The van der Waals surface area contributed by atoms with Gasteiger partial charge in [0.2, 0.25) is 0 Å². The molecule has 0 saturated heterocycles. The molecular weight excluding hydrogens is 460 g/mol. The van der Waals surface area contributed by atoms with Gasteiger partial charge in [0.05, 0.1) is 33.7 Å². The van der Waals surface area contributed by atoms with Gasteiger partial charge in [-0.3, -0.25) is 14.1 Å². The number of fused-ring (bicyclic) bond motifs is 1. The summed E-state index contributed by atoms with van der Waals surface area (Å²) >= 11 is 6.22. The van der Waals surface area contributed by atoms with Gasteiger partial charge in [-0.1, -0.05) is 33.0 Å². The molecule has 0 spiro atoms. The molecule has 11 heteroatoms. The number of thiol groups is 1. The molecule has 0 aliphatic heterocycles. The van der Waals surface area contributed by atoms with Crippen LogP contribution in [0.2, 0.25) is 0 Å². The van der Waals surface area contributed by atoms with Crippen LogP contribution in [-0.4, -0.2) is 36.6 Å². The summed E-state index contributed by atoms with van der Waals surface area (Å²) in [5, 5.41) is 10.8. The first-order valence-corrected chi connectivity index (χ1v) is 14.1. The van der Waals surface area contributed by atoms with E-state index < -0.39 is 27.0 Å². The Morgan fingerprint density at radius 1 is 1.48 bits per heavy atom. The fraction of sp³-hybridized carbons (Fsp3) is 0.450. The van der Waals surface area contributed by atoms with Gasteiger partial charge in [-0.15, -0.1) is 0 Å². The van der Waals surface area contributed by atoms with Gasteiger partial charge in [-0.2, -0.15) is 5.10 Å². The predicted octanol–water partition coefficient (Wildman–Crippen LogP) is 4.00. The number of nitrogens with zero attached hydrogens (tertiary/aromatic N) is 2. The Kier molecular flexibility index (Phi) is 6.07. The second-order valence-electron chi connectivity index (χ2n) is 8.37. The maximum absolute atomic E-state index is 15.5. The number of carbonyl (C=O) groups excluding carboxylic acids is 1. The molecule has 2 aliphatic rings. The molecule has 31 heavy (non-hydrogen) atoms. The zero-order valence-electron chi connectivity index (χ0n) is 17.3. The minimum atomic E-state index is -2.87. The smallest absolute Gasteiger partial charge is 0.259 e. The van der Waals surface area contributed by atoms with Crippen molar-refractivity contribution >= 4 is 52.4 Å². The van der Waals surface area contributed by atoms with Crippen molar-refractivity contribution in [2.45, 2.75) is 51.0 Å². The van der Waals surface area contributed by atoms with Crippen molar-refractivity contribution in [3.05, 3.63) is 40.5 Å². The quantitative estimate of drug-likeness (QED) is 0.352. The molecule has 2 unspecified atom stereocenters. The zero-order chi connectivity index (χ0) is 22.4. The first-order chi connectivity index (χ1) is 14.6. The molecule has 0 bridgehead atoms. The Morgan fingerprint density at radius 3 is 2.90 bits per heavy atom. The van der Waals surface area contributed by atoms with Crippen molar-refractivity contribution in [3.8, 4) is 0 Å². The molecule has 1 amide bonds. The van der Waals surface area contributed by atoms with E-state index in [2.05, 4.69) is 33.7 Å². The number of halogens is 2. The van der Waals surface area contributed by atoms with Gasteiger partial charge in [0.25, 0.3) is 5.91 Å². The van der Waals surface area contributed by atoms with Crippen molar-refractivity contribution in [2.24, 2.45) is 0 Å². The average molecular weight is 486 g/mol. The lowest BCUT2D eigenvalue weighted by Gasteiger charge is -2.37. The van der Waals surface area contributed by atoms with Crippen LogP contribution >= 0.6 is 20.0 Å². The number of pyridine rings is 1. The lowest BCUT2D eigenvalue weighted by Crippen LogP contribution is -2.49. The standard InChI is InChI=1S/C20H26ClFN5O2PS/c1-3-8-31(29,30)27-20(2)7-6-14(21)15(17(20)22)19(28)24-12-9-13-16(11-4-5-11)25-26-18(13)23-10-12/h6,9-11,31H,3-5,7-8,30H2,1-2H3,(H,24,28)(H,27,29)(H,23,25,26). The Labute approximate surface area is 188 Å². The summed E-state index contributed by atoms with van der Waals surface area (Å²) in [5.74, 6) is -0.598. The normalized spacial score (nSPS) is 22.5. The summed E-state index contributed by atoms with van der Waals surface area (Å²) < 4.78 is 31.2. The van der Waals surface area contributed by atoms with Crippen LogP contribution in [0.3, 0.4) is 0 Å². The number of hydrogen-bond donors (Lipinski definition) is 4. The van der Waals surface area contributed by atoms with Crippen molar-refractivity contribution in [1.29, 1.82) is 0 Å². The van der Waals surface area contributed by atoms with E-state index in [0.29, 0.717) is 29.4 Å². The molecule has 2 heterocycles. The van der Waals surface area contributed by atoms with E-state index in [-0.39, 0.29) is 17.0 Å². The van der Waals surface area contributed by atoms with Gasteiger partial charge in [0.1, 0.15) is 5.83 Å². The largest absolute Gasteiger partial charge is 0.320 e. The number of anilines is 1. The summed E-state index contributed by atoms with van der Waals surface area (Å²) in [5.41, 5.74) is 0.449. The molecule has 0 aromatic carbocycles. The fourth-order valence-electron chi connectivity index (χ4n) is 3.83. The highest BCUT2D eigenvalue weighted by molar-refractivity contribution is 8.44. The number of nitrogens with one attached hydrogen (secondary N) is 3. The molecule has 2 atom stereocenters. The van der Waals surface area contributed by atoms with Crippen molar-refractivity contribution in [3.63, 3.8) is 0 Å². The number of aromatic nitrogens is 3. The summed E-state index contributed by atoms with van der Waals surface area (Å²) in [7, 11) is -0.563. The second kappa shape index (κ2) is 8.35. The first-order valence-electron chi connectivity index (χ1n) is 10.2. The van der Waals surface area contributed by atoms with Crippen LogP contribution in [0.15, 0.2) is 34.8 Å². The summed E-state index contributed by atoms with van der Waals surface area (Å²) in [4.78, 5) is 17.3. The number of rotatable bonds is 7. The molecule has 168 valence electrons. The number of H-pyrrole nitrogens is 1. The molecule has 1 saturated carbocycles. The van der Waals surface area contributed by atoms with Gasteiger partial charge in [-0.05, 0) is 48.4 Å². The Bertz CT molecular complexity index is 1160. The maximum atomic E-state index is 15.5. The third-order valence-corrected chi connectivity index (χ3v) is 9.01. The van der Waals surface area contributed by atoms with E-state index in [1.807, 2.05) is 6.92 Å². The molecule has 2 aliphatic carbocycles. The monoisotopic (exact) mass is 485 g/mol. The van der Waals surface area contributed by atoms with E-state index in [4.69, 9.17) is 11.6 Å². The van der Waals surface area contributed by atoms with E-state index in [1.165, 1.54) is 6.20 Å². The zero-order valence-corrected chi connectivity index (χ0v) is 20.1. The topological polar surface area (TPSA) is 99.8 Å². The van der Waals surface area contributed by atoms with Gasteiger partial charge in [0, 0.05) is 17.1 Å². The number of hydrogen-bond acceptors (Lipinski definition) is 4. The number of aromatic amines is 1. The van der Waals surface area contributed by atoms with Gasteiger partial charge < -0.3 is 5.32 Å². The van der Waals surface area contributed by atoms with Crippen LogP contribution < -0.4 is 10.0 Å². The number of amides is 1. The van der Waals surface area contributed by atoms with E-state index in [0.717, 1.165) is 23.9 Å². The molecule has 2 aromatic heterocycles. The molecule has 3 N–H and O–H groups in total. The highest BCUT2D eigenvalue weighted by atomic mass is 35.5. The Morgan fingerprint density at radius 2 is 2.23 bits per heavy atom. The Balaban J connectivity index is 1.61. The van der Waals surface area contributed by atoms with E-state index in [1.54, 1.807) is 19.1 Å². The fourth-order valence-corrected chi connectivity index (χ4v) is 7.50. The summed E-state index contributed by atoms with van der Waals surface area (Å²) in [6.07, 6.45) is 6.10. The van der Waals surface area contributed by atoms with Crippen LogP contribution in [0.4, 0.5) is 10.1 Å². The van der Waals surface area contributed by atoms with Gasteiger partial charge >= 0.3 is 0 Å². The molecular formula is C20H26ClFN5O2PS. The van der Waals surface area contributed by atoms with Crippen molar-refractivity contribution in [1.82, 2.24) is 19.9 Å². The van der Waals surface area contributed by atoms with Crippen LogP contribution in [-0.2, 0) is 14.5 Å². The predicted molar refractivity (Wildman–Crippen MR) is 127 cm³/mol. The van der Waals surface area contributed by atoms with Crippen LogP contribution in [0.5, 0.6) is 0 Å². The molecule has 1 fully saturated rings. The SMILES string of the molecule is CCC[SH](=O)(P)NC1(C)CC=C(Cl)C(C(=O)Nc2cnc3[nH]nc(C4CC4)c3c2)=C1F. The second-order valence-corrected chi connectivity index (χ2v) is 13.5. The summed E-state index contributed by atoms with van der Waals surface area (Å²) in [6, 6.07) is 1.78. The van der Waals surface area contributed by atoms with Gasteiger partial charge in [-0.25, -0.2) is 14.1 Å². The van der Waals surface area contributed by atoms with Crippen molar-refractivity contribution < 1.29 is 13.4 Å². The third kappa shape index (κ3) is 4.60. The third-order valence-electron chi connectivity index (χ3n) is 5.52. The minimum absolute atomic E-state index is 0.0272. The highest BCUT2D eigenvalue weighted by Gasteiger charge is 2.40. The molecule has 0 radical (unpaired) electrons. The van der Waals surface area contributed by atoms with Gasteiger partial charge in [0.15, 0.2) is 5.65 Å². The molecule has 7 nitrogen and oxygen atoms in total. The van der Waals surface area contributed by atoms with E-state index in [9.17, 15) is 9.00 Å². The minimum Gasteiger partial charge on any atom is -0.320 e. The average Bonchev–Trinajstić information content (AvgIpc) is 3.44. The lowest BCUT2D eigenvalue weighted by molar-refractivity contribution is -0.112. The Hall–Kier alpha value is -1.67. The summed E-state index contributed by atoms with van der Waals surface area (Å²) in [6.45, 7) is 3.49. The van der Waals surface area contributed by atoms with Crippen LogP contribution in [0, 0.1) is 0 Å². The maximum Gasteiger partial charge on any atom is 0.259 e.